The van der Waals surface area contributed by atoms with Crippen molar-refractivity contribution in [1.29, 1.82) is 0 Å². The molecule has 5 rings (SSSR count). The molecule has 4 aliphatic rings. The summed E-state index contributed by atoms with van der Waals surface area (Å²) >= 11 is 0. The number of nitrogens with one attached hydrogen (secondary N) is 1. The number of hydrogen-bond acceptors (Lipinski definition) is 1. The maximum atomic E-state index is 3.83. The highest BCUT2D eigenvalue weighted by Gasteiger charge is 2.53. The van der Waals surface area contributed by atoms with Crippen molar-refractivity contribution >= 4 is 5.69 Å². The van der Waals surface area contributed by atoms with Crippen LogP contribution in [-0.2, 0) is 0 Å². The normalized spacial score (nSPS) is 39.8. The van der Waals surface area contributed by atoms with Crippen LogP contribution in [0.25, 0.3) is 0 Å². The Morgan fingerprint density at radius 2 is 1.45 bits per heavy atom. The Morgan fingerprint density at radius 3 is 1.95 bits per heavy atom. The standard InChI is InChI=1S/C19H27N/c1-13-3-5-18(6-4-13)20-14(2)19-10-15-7-16(11-19)9-17(8-15)12-19/h3-6,14-17,20H,7-12H2,1-2H3. The number of benzene rings is 1. The number of hydrogen-bond donors (Lipinski definition) is 1. The molecule has 1 heteroatoms. The second-order valence-electron chi connectivity index (χ2n) is 8.01. The molecular formula is C19H27N. The van der Waals surface area contributed by atoms with Gasteiger partial charge >= 0.3 is 0 Å². The molecule has 1 N–H and O–H groups in total. The fraction of sp³-hybridized carbons (Fsp3) is 0.684. The average Bonchev–Trinajstić information content (AvgIpc) is 2.40. The van der Waals surface area contributed by atoms with Crippen molar-refractivity contribution in [2.24, 2.45) is 23.2 Å². The van der Waals surface area contributed by atoms with Crippen molar-refractivity contribution in [2.75, 3.05) is 5.32 Å². The first-order valence-electron chi connectivity index (χ1n) is 8.46. The van der Waals surface area contributed by atoms with Crippen LogP contribution in [0.3, 0.4) is 0 Å². The highest BCUT2D eigenvalue weighted by Crippen LogP contribution is 2.61. The summed E-state index contributed by atoms with van der Waals surface area (Å²) in [7, 11) is 0. The van der Waals surface area contributed by atoms with Crippen molar-refractivity contribution in [2.45, 2.75) is 58.4 Å². The van der Waals surface area contributed by atoms with Crippen LogP contribution in [0.4, 0.5) is 5.69 Å². The van der Waals surface area contributed by atoms with Gasteiger partial charge in [0.05, 0.1) is 0 Å². The zero-order valence-electron chi connectivity index (χ0n) is 12.9. The molecular weight excluding hydrogens is 242 g/mol. The highest BCUT2D eigenvalue weighted by molar-refractivity contribution is 5.45. The smallest absolute Gasteiger partial charge is 0.0342 e. The third-order valence-electron chi connectivity index (χ3n) is 6.44. The molecule has 1 atom stereocenters. The van der Waals surface area contributed by atoms with Crippen LogP contribution in [0.1, 0.15) is 51.0 Å². The van der Waals surface area contributed by atoms with E-state index in [1.54, 1.807) is 0 Å². The van der Waals surface area contributed by atoms with Crippen LogP contribution in [-0.4, -0.2) is 6.04 Å². The first-order valence-corrected chi connectivity index (χ1v) is 8.46. The van der Waals surface area contributed by atoms with E-state index in [2.05, 4.69) is 43.4 Å². The van der Waals surface area contributed by atoms with Gasteiger partial charge in [-0.3, -0.25) is 0 Å². The summed E-state index contributed by atoms with van der Waals surface area (Å²) < 4.78 is 0. The van der Waals surface area contributed by atoms with E-state index in [-0.39, 0.29) is 0 Å². The third-order valence-corrected chi connectivity index (χ3v) is 6.44. The van der Waals surface area contributed by atoms with Crippen LogP contribution in [0.2, 0.25) is 0 Å². The van der Waals surface area contributed by atoms with Gasteiger partial charge in [-0.25, -0.2) is 0 Å². The molecule has 1 aromatic rings. The van der Waals surface area contributed by atoms with Gasteiger partial charge in [0.25, 0.3) is 0 Å². The van der Waals surface area contributed by atoms with Crippen LogP contribution >= 0.6 is 0 Å². The van der Waals surface area contributed by atoms with E-state index in [0.29, 0.717) is 11.5 Å². The van der Waals surface area contributed by atoms with Gasteiger partial charge in [-0.15, -0.1) is 0 Å². The van der Waals surface area contributed by atoms with Gasteiger partial charge in [-0.1, -0.05) is 17.7 Å². The number of rotatable bonds is 3. The summed E-state index contributed by atoms with van der Waals surface area (Å²) in [5.41, 5.74) is 3.25. The van der Waals surface area contributed by atoms with E-state index in [1.807, 2.05) is 0 Å². The van der Waals surface area contributed by atoms with Gasteiger partial charge in [0, 0.05) is 11.7 Å². The van der Waals surface area contributed by atoms with E-state index in [1.165, 1.54) is 49.8 Å². The first kappa shape index (κ1) is 12.7. The molecule has 4 saturated carbocycles. The molecule has 4 fully saturated rings. The van der Waals surface area contributed by atoms with Crippen LogP contribution < -0.4 is 5.32 Å². The lowest BCUT2D eigenvalue weighted by molar-refractivity contribution is -0.0602. The lowest BCUT2D eigenvalue weighted by atomic mass is 9.48. The van der Waals surface area contributed by atoms with E-state index >= 15 is 0 Å². The van der Waals surface area contributed by atoms with Crippen LogP contribution in [0.15, 0.2) is 24.3 Å². The minimum Gasteiger partial charge on any atom is -0.382 e. The predicted octanol–water partition coefficient (Wildman–Crippen LogP) is 5.01. The molecule has 0 aliphatic heterocycles. The molecule has 0 amide bonds. The van der Waals surface area contributed by atoms with E-state index < -0.39 is 0 Å². The van der Waals surface area contributed by atoms with Crippen LogP contribution in [0, 0.1) is 30.1 Å². The maximum Gasteiger partial charge on any atom is 0.0342 e. The van der Waals surface area contributed by atoms with Gasteiger partial charge < -0.3 is 5.32 Å². The monoisotopic (exact) mass is 269 g/mol. The Hall–Kier alpha value is -0.980. The Kier molecular flexibility index (Phi) is 2.87. The quantitative estimate of drug-likeness (QED) is 0.813. The maximum absolute atomic E-state index is 3.83. The second kappa shape index (κ2) is 4.51. The second-order valence-corrected chi connectivity index (χ2v) is 8.01. The number of anilines is 1. The Balaban J connectivity index is 1.53. The lowest BCUT2D eigenvalue weighted by Gasteiger charge is -2.59. The summed E-state index contributed by atoms with van der Waals surface area (Å²) in [6.07, 6.45) is 9.07. The van der Waals surface area contributed by atoms with Crippen molar-refractivity contribution in [3.05, 3.63) is 29.8 Å². The van der Waals surface area contributed by atoms with Gasteiger partial charge in [0.2, 0.25) is 0 Å². The lowest BCUT2D eigenvalue weighted by Crippen LogP contribution is -2.52. The minimum absolute atomic E-state index is 0.597. The third kappa shape index (κ3) is 2.06. The fourth-order valence-corrected chi connectivity index (χ4v) is 5.76. The SMILES string of the molecule is Cc1ccc(NC(C)C23CC4CC(CC(C4)C2)C3)cc1. The summed E-state index contributed by atoms with van der Waals surface area (Å²) in [6.45, 7) is 4.60. The summed E-state index contributed by atoms with van der Waals surface area (Å²) in [6, 6.07) is 9.54. The molecule has 4 aliphatic carbocycles. The van der Waals surface area contributed by atoms with E-state index in [4.69, 9.17) is 0 Å². The van der Waals surface area contributed by atoms with Crippen molar-refractivity contribution < 1.29 is 0 Å². The van der Waals surface area contributed by atoms with Crippen LogP contribution in [0.5, 0.6) is 0 Å². The van der Waals surface area contributed by atoms with E-state index in [0.717, 1.165) is 17.8 Å². The molecule has 1 unspecified atom stereocenters. The summed E-state index contributed by atoms with van der Waals surface area (Å²) in [5, 5.41) is 3.83. The molecule has 0 aromatic heterocycles. The largest absolute Gasteiger partial charge is 0.382 e. The molecule has 108 valence electrons. The summed E-state index contributed by atoms with van der Waals surface area (Å²) in [5.74, 6) is 3.13. The van der Waals surface area contributed by atoms with Gasteiger partial charge in [0.1, 0.15) is 0 Å². The predicted molar refractivity (Wildman–Crippen MR) is 84.9 cm³/mol. The zero-order chi connectivity index (χ0) is 13.7. The molecule has 0 heterocycles. The number of aryl methyl sites for hydroxylation is 1. The van der Waals surface area contributed by atoms with Crippen molar-refractivity contribution in [1.82, 2.24) is 0 Å². The highest BCUT2D eigenvalue weighted by atomic mass is 14.9. The average molecular weight is 269 g/mol. The minimum atomic E-state index is 0.597. The molecule has 4 bridgehead atoms. The van der Waals surface area contributed by atoms with Gasteiger partial charge in [0.15, 0.2) is 0 Å². The molecule has 0 spiro atoms. The Labute approximate surface area is 123 Å². The molecule has 20 heavy (non-hydrogen) atoms. The molecule has 1 aromatic carbocycles. The first-order chi connectivity index (χ1) is 9.63. The Bertz CT molecular complexity index is 452. The van der Waals surface area contributed by atoms with Gasteiger partial charge in [-0.05, 0) is 87.7 Å². The molecule has 1 nitrogen and oxygen atoms in total. The van der Waals surface area contributed by atoms with E-state index in [9.17, 15) is 0 Å². The molecule has 0 radical (unpaired) electrons. The van der Waals surface area contributed by atoms with Crippen molar-refractivity contribution in [3.8, 4) is 0 Å². The Morgan fingerprint density at radius 1 is 0.950 bits per heavy atom. The fourth-order valence-electron chi connectivity index (χ4n) is 5.76. The van der Waals surface area contributed by atoms with Gasteiger partial charge in [-0.2, -0.15) is 0 Å². The zero-order valence-corrected chi connectivity index (χ0v) is 12.9. The topological polar surface area (TPSA) is 12.0 Å². The molecule has 0 saturated heterocycles. The van der Waals surface area contributed by atoms with Crippen molar-refractivity contribution in [3.63, 3.8) is 0 Å². The summed E-state index contributed by atoms with van der Waals surface area (Å²) in [4.78, 5) is 0.